The van der Waals surface area contributed by atoms with Crippen molar-refractivity contribution in [3.8, 4) is 11.5 Å². The first-order chi connectivity index (χ1) is 15.2. The second-order valence-corrected chi connectivity index (χ2v) is 8.16. The fourth-order valence-electron chi connectivity index (χ4n) is 4.27. The number of aliphatic imine (C=N–C) groups is 1. The van der Waals surface area contributed by atoms with Crippen LogP contribution in [0.3, 0.4) is 0 Å². The van der Waals surface area contributed by atoms with E-state index >= 15 is 0 Å². The number of morpholine rings is 1. The first-order valence-electron chi connectivity index (χ1n) is 11.1. The summed E-state index contributed by atoms with van der Waals surface area (Å²) in [5.41, 5.74) is 2.22. The lowest BCUT2D eigenvalue weighted by Crippen LogP contribution is -2.47. The van der Waals surface area contributed by atoms with Crippen LogP contribution < -0.4 is 14.8 Å². The predicted molar refractivity (Wildman–Crippen MR) is 120 cm³/mol. The van der Waals surface area contributed by atoms with Crippen LogP contribution in [-0.2, 0) is 18.3 Å². The normalized spacial score (nSPS) is 20.2. The van der Waals surface area contributed by atoms with Gasteiger partial charge in [0.1, 0.15) is 6.10 Å². The van der Waals surface area contributed by atoms with Crippen molar-refractivity contribution in [2.75, 3.05) is 33.9 Å². The van der Waals surface area contributed by atoms with Gasteiger partial charge in [-0.05, 0) is 43.4 Å². The van der Waals surface area contributed by atoms with Gasteiger partial charge in [0.2, 0.25) is 0 Å². The quantitative estimate of drug-likeness (QED) is 0.565. The molecule has 1 N–H and O–H groups in total. The fourth-order valence-corrected chi connectivity index (χ4v) is 4.27. The zero-order valence-electron chi connectivity index (χ0n) is 18.7. The van der Waals surface area contributed by atoms with Crippen molar-refractivity contribution in [1.82, 2.24) is 20.0 Å². The van der Waals surface area contributed by atoms with E-state index in [1.807, 2.05) is 32.6 Å². The Morgan fingerprint density at radius 2 is 2.13 bits per heavy atom. The summed E-state index contributed by atoms with van der Waals surface area (Å²) in [5.74, 6) is 2.48. The van der Waals surface area contributed by atoms with Crippen LogP contribution >= 0.6 is 0 Å². The SMILES string of the molecule is CN=C(NCc1ccc(OC)c(OC2CCCC2)c1)N1CCOC(c2cnn(C)c2)C1. The van der Waals surface area contributed by atoms with Gasteiger partial charge in [0.05, 0.1) is 32.6 Å². The van der Waals surface area contributed by atoms with Crippen LogP contribution in [0, 0.1) is 0 Å². The summed E-state index contributed by atoms with van der Waals surface area (Å²) < 4.78 is 19.5. The number of benzene rings is 1. The highest BCUT2D eigenvalue weighted by Crippen LogP contribution is 2.32. The number of hydrogen-bond donors (Lipinski definition) is 1. The van der Waals surface area contributed by atoms with Crippen LogP contribution in [0.1, 0.15) is 42.9 Å². The molecule has 31 heavy (non-hydrogen) atoms. The van der Waals surface area contributed by atoms with E-state index in [1.54, 1.807) is 11.8 Å². The molecule has 1 saturated carbocycles. The average molecular weight is 428 g/mol. The van der Waals surface area contributed by atoms with Gasteiger partial charge in [-0.2, -0.15) is 5.10 Å². The summed E-state index contributed by atoms with van der Waals surface area (Å²) in [7, 11) is 5.43. The highest BCUT2D eigenvalue weighted by molar-refractivity contribution is 5.80. The van der Waals surface area contributed by atoms with Crippen molar-refractivity contribution < 1.29 is 14.2 Å². The van der Waals surface area contributed by atoms with E-state index in [0.29, 0.717) is 19.3 Å². The van der Waals surface area contributed by atoms with Crippen LogP contribution in [0.15, 0.2) is 35.6 Å². The molecule has 2 fully saturated rings. The first kappa shape index (κ1) is 21.5. The molecule has 0 amide bonds. The van der Waals surface area contributed by atoms with Crippen molar-refractivity contribution >= 4 is 5.96 Å². The molecule has 4 rings (SSSR count). The zero-order valence-corrected chi connectivity index (χ0v) is 18.7. The minimum absolute atomic E-state index is 0.00611. The number of nitrogens with one attached hydrogen (secondary N) is 1. The lowest BCUT2D eigenvalue weighted by Gasteiger charge is -2.34. The van der Waals surface area contributed by atoms with Crippen LogP contribution in [0.2, 0.25) is 0 Å². The van der Waals surface area contributed by atoms with Gasteiger partial charge in [0, 0.05) is 38.9 Å². The number of nitrogens with zero attached hydrogens (tertiary/aromatic N) is 4. The molecule has 1 atom stereocenters. The van der Waals surface area contributed by atoms with Gasteiger partial charge in [0.25, 0.3) is 0 Å². The number of rotatable bonds is 6. The van der Waals surface area contributed by atoms with Crippen LogP contribution in [0.4, 0.5) is 0 Å². The molecule has 2 aromatic rings. The molecule has 168 valence electrons. The third kappa shape index (κ3) is 5.31. The van der Waals surface area contributed by atoms with E-state index in [-0.39, 0.29) is 6.10 Å². The van der Waals surface area contributed by atoms with Gasteiger partial charge in [-0.1, -0.05) is 6.07 Å². The second-order valence-electron chi connectivity index (χ2n) is 8.16. The third-order valence-electron chi connectivity index (χ3n) is 5.95. The van der Waals surface area contributed by atoms with Crippen molar-refractivity contribution in [3.63, 3.8) is 0 Å². The Balaban J connectivity index is 1.38. The highest BCUT2D eigenvalue weighted by Gasteiger charge is 2.25. The Labute approximate surface area is 184 Å². The monoisotopic (exact) mass is 427 g/mol. The minimum Gasteiger partial charge on any atom is -0.493 e. The molecule has 1 aliphatic carbocycles. The first-order valence-corrected chi connectivity index (χ1v) is 11.1. The average Bonchev–Trinajstić information content (AvgIpc) is 3.46. The standard InChI is InChI=1S/C23H33N5O3/c1-24-23(28-10-11-30-22(16-28)18-14-26-27(2)15-18)25-13-17-8-9-20(29-3)21(12-17)31-19-6-4-5-7-19/h8-9,12,14-15,19,22H,4-7,10-11,13,16H2,1-3H3,(H,24,25). The maximum absolute atomic E-state index is 6.23. The molecule has 0 radical (unpaired) electrons. The smallest absolute Gasteiger partial charge is 0.194 e. The van der Waals surface area contributed by atoms with Crippen molar-refractivity contribution in [2.24, 2.45) is 12.0 Å². The summed E-state index contributed by atoms with van der Waals surface area (Å²) >= 11 is 0. The summed E-state index contributed by atoms with van der Waals surface area (Å²) in [6, 6.07) is 6.13. The topological polar surface area (TPSA) is 73.1 Å². The lowest BCUT2D eigenvalue weighted by atomic mass is 10.1. The molecule has 1 saturated heterocycles. The molecule has 8 nitrogen and oxygen atoms in total. The molecule has 1 unspecified atom stereocenters. The number of guanidine groups is 1. The molecular weight excluding hydrogens is 394 g/mol. The Kier molecular flexibility index (Phi) is 6.96. The summed E-state index contributed by atoms with van der Waals surface area (Å²) in [4.78, 5) is 6.74. The van der Waals surface area contributed by atoms with E-state index in [4.69, 9.17) is 14.2 Å². The van der Waals surface area contributed by atoms with Crippen LogP contribution in [0.5, 0.6) is 11.5 Å². The van der Waals surface area contributed by atoms with Crippen LogP contribution in [-0.4, -0.2) is 60.6 Å². The minimum atomic E-state index is -0.00611. The molecule has 0 bridgehead atoms. The second kappa shape index (κ2) is 10.0. The van der Waals surface area contributed by atoms with Gasteiger partial charge in [-0.15, -0.1) is 0 Å². The van der Waals surface area contributed by atoms with Gasteiger partial charge >= 0.3 is 0 Å². The Morgan fingerprint density at radius 1 is 1.29 bits per heavy atom. The fraction of sp³-hybridized carbons (Fsp3) is 0.565. The van der Waals surface area contributed by atoms with E-state index in [9.17, 15) is 0 Å². The van der Waals surface area contributed by atoms with Crippen molar-refractivity contribution in [3.05, 3.63) is 41.7 Å². The van der Waals surface area contributed by atoms with Gasteiger partial charge in [-0.3, -0.25) is 9.67 Å². The molecule has 1 aromatic carbocycles. The summed E-state index contributed by atoms with van der Waals surface area (Å²) in [6.07, 6.45) is 8.88. The summed E-state index contributed by atoms with van der Waals surface area (Å²) in [5, 5.41) is 7.76. The zero-order chi connectivity index (χ0) is 21.6. The van der Waals surface area contributed by atoms with Crippen molar-refractivity contribution in [1.29, 1.82) is 0 Å². The van der Waals surface area contributed by atoms with Crippen molar-refractivity contribution in [2.45, 2.75) is 44.4 Å². The Morgan fingerprint density at radius 3 is 2.84 bits per heavy atom. The predicted octanol–water partition coefficient (Wildman–Crippen LogP) is 2.90. The highest BCUT2D eigenvalue weighted by atomic mass is 16.5. The Bertz CT molecular complexity index is 891. The van der Waals surface area contributed by atoms with E-state index in [2.05, 4.69) is 32.4 Å². The van der Waals surface area contributed by atoms with E-state index in [0.717, 1.165) is 54.5 Å². The maximum atomic E-state index is 6.23. The van der Waals surface area contributed by atoms with Gasteiger partial charge in [0.15, 0.2) is 17.5 Å². The van der Waals surface area contributed by atoms with E-state index in [1.165, 1.54) is 12.8 Å². The molecule has 2 heterocycles. The number of ether oxygens (including phenoxy) is 3. The number of aryl methyl sites for hydroxylation is 1. The van der Waals surface area contributed by atoms with Gasteiger partial charge < -0.3 is 24.4 Å². The molecule has 8 heteroatoms. The molecule has 2 aliphatic rings. The lowest BCUT2D eigenvalue weighted by molar-refractivity contribution is -0.00805. The number of hydrogen-bond acceptors (Lipinski definition) is 5. The third-order valence-corrected chi connectivity index (χ3v) is 5.95. The van der Waals surface area contributed by atoms with E-state index < -0.39 is 0 Å². The maximum Gasteiger partial charge on any atom is 0.194 e. The number of aromatic nitrogens is 2. The molecule has 1 aromatic heterocycles. The molecule has 1 aliphatic heterocycles. The number of methoxy groups -OCH3 is 1. The summed E-state index contributed by atoms with van der Waals surface area (Å²) in [6.45, 7) is 2.86. The molecular formula is C23H33N5O3. The van der Waals surface area contributed by atoms with Crippen LogP contribution in [0.25, 0.3) is 0 Å². The molecule has 0 spiro atoms. The largest absolute Gasteiger partial charge is 0.493 e. The Hall–Kier alpha value is -2.74. The van der Waals surface area contributed by atoms with Gasteiger partial charge in [-0.25, -0.2) is 0 Å².